The Morgan fingerprint density at radius 1 is 1.50 bits per heavy atom. The molecule has 0 aromatic carbocycles. The van der Waals surface area contributed by atoms with Gasteiger partial charge in [-0.15, -0.1) is 0 Å². The Morgan fingerprint density at radius 3 is 1.50 bits per heavy atom. The summed E-state index contributed by atoms with van der Waals surface area (Å²) in [7, 11) is 13.1. The van der Waals surface area contributed by atoms with Crippen molar-refractivity contribution in [3.05, 3.63) is 0 Å². The van der Waals surface area contributed by atoms with Crippen LogP contribution >= 0.6 is 30.7 Å². The summed E-state index contributed by atoms with van der Waals surface area (Å²) in [4.78, 5) is 0. The Morgan fingerprint density at radius 2 is 1.50 bits per heavy atom. The molecule has 0 nitrogen and oxygen atoms in total. The number of hydrogen-bond acceptors (Lipinski definition) is 1. The predicted octanol–water partition coefficient (Wildman–Crippen LogP) is 2.02. The molecule has 0 saturated carbocycles. The van der Waals surface area contributed by atoms with Gasteiger partial charge in [-0.25, -0.2) is 0 Å². The van der Waals surface area contributed by atoms with Gasteiger partial charge >= 0.3 is 41.2 Å². The van der Waals surface area contributed by atoms with Crippen molar-refractivity contribution >= 4 is 30.7 Å². The summed E-state index contributed by atoms with van der Waals surface area (Å²) in [6.45, 7) is 0. The monoisotopic (exact) mass is 165 g/mol. The van der Waals surface area contributed by atoms with E-state index >= 15 is 0 Å². The fourth-order valence-corrected chi connectivity index (χ4v) is 0. The number of halogens is 2. The van der Waals surface area contributed by atoms with Gasteiger partial charge < -0.3 is 0 Å². The molecular weight excluding hydrogens is 167 g/mol. The second-order valence-corrected chi connectivity index (χ2v) is 5.05. The van der Waals surface area contributed by atoms with E-state index < -0.39 is 10.4 Å². The van der Waals surface area contributed by atoms with Gasteiger partial charge in [-0.3, -0.25) is 0 Å². The van der Waals surface area contributed by atoms with Gasteiger partial charge in [0, 0.05) is 0 Å². The summed E-state index contributed by atoms with van der Waals surface area (Å²) < 4.78 is 0. The molecule has 0 aliphatic rings. The van der Waals surface area contributed by atoms with Gasteiger partial charge in [0.1, 0.15) is 0 Å². The van der Waals surface area contributed by atoms with E-state index in [1.54, 1.807) is 0 Å². The molecule has 0 amide bonds. The van der Waals surface area contributed by atoms with Gasteiger partial charge in [-0.05, 0) is 0 Å². The van der Waals surface area contributed by atoms with E-state index in [9.17, 15) is 0 Å². The molecule has 0 rings (SSSR count). The zero-order valence-corrected chi connectivity index (χ0v) is 4.74. The quantitative estimate of drug-likeness (QED) is 0.496. The zero-order chi connectivity index (χ0) is 3.58. The SMILES string of the molecule is [S]=[Cu]([Cl])[Cl]. The Kier molecular flexibility index (Phi) is 3.39. The van der Waals surface area contributed by atoms with E-state index in [0.717, 1.165) is 0 Å². The van der Waals surface area contributed by atoms with E-state index in [4.69, 9.17) is 20.2 Å². The topological polar surface area (TPSA) is 0 Å². The molecule has 0 saturated heterocycles. The summed E-state index contributed by atoms with van der Waals surface area (Å²) in [5.74, 6) is 0. The Balaban J connectivity index is 2.80. The van der Waals surface area contributed by atoms with E-state index in [1.807, 2.05) is 0 Å². The fourth-order valence-electron chi connectivity index (χ4n) is 0. The third kappa shape index (κ3) is 10.3. The molecule has 31 valence electrons. The third-order valence-electron chi connectivity index (χ3n) is 0. The van der Waals surface area contributed by atoms with E-state index in [2.05, 4.69) is 10.6 Å². The molecular formula is Cl2CuS. The molecule has 0 N–H and O–H groups in total. The van der Waals surface area contributed by atoms with Crippen molar-refractivity contribution in [2.45, 2.75) is 0 Å². The molecule has 0 heterocycles. The second-order valence-electron chi connectivity index (χ2n) is 0.136. The summed E-state index contributed by atoms with van der Waals surface area (Å²) >= 11 is 0. The van der Waals surface area contributed by atoms with Crippen LogP contribution in [-0.2, 0) is 10.4 Å². The molecule has 4 heteroatoms. The molecule has 0 radical (unpaired) electrons. The van der Waals surface area contributed by atoms with Crippen LogP contribution in [0.3, 0.4) is 0 Å². The molecule has 0 aliphatic carbocycles. The average molecular weight is 167 g/mol. The maximum absolute atomic E-state index is 4.88. The molecule has 4 heavy (non-hydrogen) atoms. The molecule has 0 aromatic heterocycles. The van der Waals surface area contributed by atoms with Gasteiger partial charge in [0.25, 0.3) is 0 Å². The molecule has 0 aromatic rings. The van der Waals surface area contributed by atoms with E-state index in [1.165, 1.54) is 0 Å². The van der Waals surface area contributed by atoms with Crippen LogP contribution in [0.5, 0.6) is 0 Å². The van der Waals surface area contributed by atoms with Crippen LogP contribution in [0, 0.1) is 0 Å². The fraction of sp³-hybridized carbons (Fsp3) is 0. The standard InChI is InChI=1S/2ClH.Cu.S/h2*1H;;/q;;+2;/p-2. The summed E-state index contributed by atoms with van der Waals surface area (Å²) in [5, 5.41) is 0. The minimum atomic E-state index is -0.785. The van der Waals surface area contributed by atoms with Gasteiger partial charge in [0.05, 0.1) is 0 Å². The van der Waals surface area contributed by atoms with Gasteiger partial charge in [0.15, 0.2) is 0 Å². The second kappa shape index (κ2) is 2.55. The summed E-state index contributed by atoms with van der Waals surface area (Å²) in [6, 6.07) is 0. The first kappa shape index (κ1) is 5.32. The van der Waals surface area contributed by atoms with Crippen molar-refractivity contribution in [2.24, 2.45) is 0 Å². The average Bonchev–Trinajstić information content (AvgIpc) is 0.811. The van der Waals surface area contributed by atoms with E-state index in [0.29, 0.717) is 0 Å². The Bertz CT molecular complexity index is 29.0. The van der Waals surface area contributed by atoms with Crippen LogP contribution < -0.4 is 0 Å². The van der Waals surface area contributed by atoms with Crippen molar-refractivity contribution in [3.8, 4) is 0 Å². The molecule has 0 atom stereocenters. The first-order chi connectivity index (χ1) is 1.73. The Hall–Kier alpha value is 1.32. The molecule has 0 fully saturated rings. The van der Waals surface area contributed by atoms with Crippen molar-refractivity contribution in [1.82, 2.24) is 0 Å². The first-order valence-electron chi connectivity index (χ1n) is 0.351. The van der Waals surface area contributed by atoms with Gasteiger partial charge in [-0.2, -0.15) is 0 Å². The van der Waals surface area contributed by atoms with Crippen LogP contribution in [0.4, 0.5) is 0 Å². The molecule has 0 unspecified atom stereocenters. The maximum atomic E-state index is 4.88. The first-order valence-corrected chi connectivity index (χ1v) is 4.34. The van der Waals surface area contributed by atoms with Gasteiger partial charge in [0.2, 0.25) is 0 Å². The molecule has 0 spiro atoms. The number of hydrogen-bond donors (Lipinski definition) is 0. The molecule has 0 aliphatic heterocycles. The minimum absolute atomic E-state index is 0.785. The van der Waals surface area contributed by atoms with Crippen LogP contribution in [0.1, 0.15) is 0 Å². The van der Waals surface area contributed by atoms with Crippen LogP contribution in [-0.4, -0.2) is 0 Å². The van der Waals surface area contributed by atoms with Crippen molar-refractivity contribution in [2.75, 3.05) is 0 Å². The van der Waals surface area contributed by atoms with Crippen LogP contribution in [0.25, 0.3) is 0 Å². The zero-order valence-electron chi connectivity index (χ0n) is 1.47. The van der Waals surface area contributed by atoms with Gasteiger partial charge in [-0.1, -0.05) is 0 Å². The number of rotatable bonds is 0. The summed E-state index contributed by atoms with van der Waals surface area (Å²) in [6.07, 6.45) is 0. The normalized spacial score (nSPS) is 11.0. The molecule has 0 bridgehead atoms. The third-order valence-corrected chi connectivity index (χ3v) is 0. The summed E-state index contributed by atoms with van der Waals surface area (Å²) in [5.41, 5.74) is 0. The predicted molar refractivity (Wildman–Crippen MR) is 19.3 cm³/mol. The van der Waals surface area contributed by atoms with Crippen LogP contribution in [0.15, 0.2) is 0 Å². The van der Waals surface area contributed by atoms with Crippen LogP contribution in [0.2, 0.25) is 0 Å². The van der Waals surface area contributed by atoms with Crippen molar-refractivity contribution in [1.29, 1.82) is 0 Å². The van der Waals surface area contributed by atoms with E-state index in [-0.39, 0.29) is 0 Å². The van der Waals surface area contributed by atoms with Crippen molar-refractivity contribution in [3.63, 3.8) is 0 Å². The Labute approximate surface area is 41.3 Å². The van der Waals surface area contributed by atoms with Crippen molar-refractivity contribution < 1.29 is 10.4 Å².